The summed E-state index contributed by atoms with van der Waals surface area (Å²) in [6.07, 6.45) is 2.40. The molecular formula is C14H18N2O2. The predicted molar refractivity (Wildman–Crippen MR) is 70.7 cm³/mol. The zero-order valence-electron chi connectivity index (χ0n) is 11.0. The summed E-state index contributed by atoms with van der Waals surface area (Å²) in [6.45, 7) is 4.65. The van der Waals surface area contributed by atoms with Crippen LogP contribution in [0, 0.1) is 13.8 Å². The Morgan fingerprint density at radius 2 is 2.06 bits per heavy atom. The molecule has 2 aromatic rings. The second-order valence-corrected chi connectivity index (χ2v) is 4.25. The molecule has 1 heterocycles. The lowest BCUT2D eigenvalue weighted by atomic mass is 10.0. The van der Waals surface area contributed by atoms with Gasteiger partial charge in [-0.25, -0.2) is 4.98 Å². The number of rotatable bonds is 4. The Morgan fingerprint density at radius 1 is 1.28 bits per heavy atom. The number of benzene rings is 1. The topological polar surface area (TPSA) is 61.3 Å². The molecule has 2 N–H and O–H groups in total. The van der Waals surface area contributed by atoms with Crippen molar-refractivity contribution < 1.29 is 9.15 Å². The summed E-state index contributed by atoms with van der Waals surface area (Å²) in [7, 11) is 1.67. The van der Waals surface area contributed by atoms with Gasteiger partial charge < -0.3 is 14.9 Å². The number of oxazole rings is 1. The van der Waals surface area contributed by atoms with E-state index in [1.807, 2.05) is 26.0 Å². The van der Waals surface area contributed by atoms with E-state index in [1.165, 1.54) is 0 Å². The highest BCUT2D eigenvalue weighted by molar-refractivity contribution is 5.63. The average molecular weight is 246 g/mol. The maximum atomic E-state index is 5.51. The van der Waals surface area contributed by atoms with E-state index < -0.39 is 0 Å². The van der Waals surface area contributed by atoms with Crippen LogP contribution in [0.15, 0.2) is 22.8 Å². The quantitative estimate of drug-likeness (QED) is 0.900. The molecule has 0 spiro atoms. The van der Waals surface area contributed by atoms with E-state index in [1.54, 1.807) is 13.4 Å². The SMILES string of the molecule is COc1ccc(-c2nc(CCN)co2)c(C)c1C. The highest BCUT2D eigenvalue weighted by Gasteiger charge is 2.12. The zero-order chi connectivity index (χ0) is 13.1. The Hall–Kier alpha value is -1.81. The van der Waals surface area contributed by atoms with Crippen LogP contribution in [0.5, 0.6) is 5.75 Å². The lowest BCUT2D eigenvalue weighted by Gasteiger charge is -2.10. The highest BCUT2D eigenvalue weighted by atomic mass is 16.5. The first-order chi connectivity index (χ1) is 8.67. The number of ether oxygens (including phenoxy) is 1. The van der Waals surface area contributed by atoms with Crippen LogP contribution in [0.4, 0.5) is 0 Å². The fourth-order valence-electron chi connectivity index (χ4n) is 1.94. The molecule has 0 atom stereocenters. The van der Waals surface area contributed by atoms with Crippen molar-refractivity contribution >= 4 is 0 Å². The summed E-state index contributed by atoms with van der Waals surface area (Å²) in [5.74, 6) is 1.52. The lowest BCUT2D eigenvalue weighted by molar-refractivity contribution is 0.411. The second-order valence-electron chi connectivity index (χ2n) is 4.25. The monoisotopic (exact) mass is 246 g/mol. The number of hydrogen-bond donors (Lipinski definition) is 1. The fourth-order valence-corrected chi connectivity index (χ4v) is 1.94. The van der Waals surface area contributed by atoms with E-state index in [0.29, 0.717) is 12.4 Å². The molecule has 0 bridgehead atoms. The van der Waals surface area contributed by atoms with Crippen LogP contribution in [0.1, 0.15) is 16.8 Å². The first-order valence-electron chi connectivity index (χ1n) is 5.96. The highest BCUT2D eigenvalue weighted by Crippen LogP contribution is 2.30. The van der Waals surface area contributed by atoms with Gasteiger partial charge in [-0.15, -0.1) is 0 Å². The molecule has 1 aromatic heterocycles. The van der Waals surface area contributed by atoms with Gasteiger partial charge in [-0.2, -0.15) is 0 Å². The van der Waals surface area contributed by atoms with Crippen LogP contribution < -0.4 is 10.5 Å². The lowest BCUT2D eigenvalue weighted by Crippen LogP contribution is -2.02. The van der Waals surface area contributed by atoms with Crippen molar-refractivity contribution in [3.63, 3.8) is 0 Å². The zero-order valence-corrected chi connectivity index (χ0v) is 11.0. The number of hydrogen-bond acceptors (Lipinski definition) is 4. The Labute approximate surface area is 107 Å². The summed E-state index contributed by atoms with van der Waals surface area (Å²) in [5, 5.41) is 0. The third-order valence-corrected chi connectivity index (χ3v) is 3.14. The first kappa shape index (κ1) is 12.6. The van der Waals surface area contributed by atoms with Gasteiger partial charge in [0.2, 0.25) is 5.89 Å². The van der Waals surface area contributed by atoms with Crippen molar-refractivity contribution in [2.24, 2.45) is 5.73 Å². The fraction of sp³-hybridized carbons (Fsp3) is 0.357. The third kappa shape index (κ3) is 2.24. The molecule has 0 amide bonds. The number of nitrogens with two attached hydrogens (primary N) is 1. The molecule has 0 saturated heterocycles. The number of methoxy groups -OCH3 is 1. The molecule has 4 heteroatoms. The number of nitrogens with zero attached hydrogens (tertiary/aromatic N) is 1. The van der Waals surface area contributed by atoms with Crippen LogP contribution >= 0.6 is 0 Å². The van der Waals surface area contributed by atoms with E-state index in [-0.39, 0.29) is 0 Å². The van der Waals surface area contributed by atoms with E-state index in [9.17, 15) is 0 Å². The summed E-state index contributed by atoms with van der Waals surface area (Å²) in [5.41, 5.74) is 9.61. The minimum atomic E-state index is 0.576. The summed E-state index contributed by atoms with van der Waals surface area (Å²) in [4.78, 5) is 4.44. The summed E-state index contributed by atoms with van der Waals surface area (Å²) < 4.78 is 10.8. The molecule has 18 heavy (non-hydrogen) atoms. The molecule has 0 aliphatic heterocycles. The standard InChI is InChI=1S/C14H18N2O2/c1-9-10(2)13(17-3)5-4-12(9)14-16-11(6-7-15)8-18-14/h4-5,8H,6-7,15H2,1-3H3. The summed E-state index contributed by atoms with van der Waals surface area (Å²) in [6, 6.07) is 3.91. The van der Waals surface area contributed by atoms with Crippen LogP contribution in [0.3, 0.4) is 0 Å². The Morgan fingerprint density at radius 3 is 2.72 bits per heavy atom. The van der Waals surface area contributed by atoms with E-state index >= 15 is 0 Å². The van der Waals surface area contributed by atoms with Crippen molar-refractivity contribution in [1.82, 2.24) is 4.98 Å². The third-order valence-electron chi connectivity index (χ3n) is 3.14. The van der Waals surface area contributed by atoms with Gasteiger partial charge in [-0.3, -0.25) is 0 Å². The molecule has 4 nitrogen and oxygen atoms in total. The van der Waals surface area contributed by atoms with Crippen molar-refractivity contribution in [1.29, 1.82) is 0 Å². The Bertz CT molecular complexity index is 547. The predicted octanol–water partition coefficient (Wildman–Crippen LogP) is 2.47. The van der Waals surface area contributed by atoms with E-state index in [4.69, 9.17) is 14.9 Å². The van der Waals surface area contributed by atoms with Crippen molar-refractivity contribution in [3.8, 4) is 17.2 Å². The smallest absolute Gasteiger partial charge is 0.226 e. The molecule has 0 saturated carbocycles. The van der Waals surface area contributed by atoms with Crippen molar-refractivity contribution in [2.45, 2.75) is 20.3 Å². The van der Waals surface area contributed by atoms with Gasteiger partial charge in [0.15, 0.2) is 0 Å². The Balaban J connectivity index is 2.41. The molecule has 0 aliphatic rings. The molecule has 0 radical (unpaired) electrons. The molecular weight excluding hydrogens is 228 g/mol. The van der Waals surface area contributed by atoms with Crippen molar-refractivity contribution in [2.75, 3.05) is 13.7 Å². The minimum absolute atomic E-state index is 0.576. The van der Waals surface area contributed by atoms with Gasteiger partial charge in [-0.1, -0.05) is 0 Å². The maximum absolute atomic E-state index is 5.51. The van der Waals surface area contributed by atoms with Gasteiger partial charge >= 0.3 is 0 Å². The summed E-state index contributed by atoms with van der Waals surface area (Å²) >= 11 is 0. The average Bonchev–Trinajstić information content (AvgIpc) is 2.81. The first-order valence-corrected chi connectivity index (χ1v) is 5.96. The minimum Gasteiger partial charge on any atom is -0.496 e. The maximum Gasteiger partial charge on any atom is 0.226 e. The molecule has 0 unspecified atom stereocenters. The Kier molecular flexibility index (Phi) is 3.67. The molecule has 0 aliphatic carbocycles. The van der Waals surface area contributed by atoms with Crippen molar-refractivity contribution in [3.05, 3.63) is 35.2 Å². The van der Waals surface area contributed by atoms with Gasteiger partial charge in [0, 0.05) is 12.0 Å². The molecule has 96 valence electrons. The van der Waals surface area contributed by atoms with Gasteiger partial charge in [0.25, 0.3) is 0 Å². The van der Waals surface area contributed by atoms with Crippen LogP contribution in [-0.2, 0) is 6.42 Å². The van der Waals surface area contributed by atoms with Crippen LogP contribution in [0.2, 0.25) is 0 Å². The van der Waals surface area contributed by atoms with Crippen LogP contribution in [-0.4, -0.2) is 18.6 Å². The number of aromatic nitrogens is 1. The molecule has 2 rings (SSSR count). The van der Waals surface area contributed by atoms with E-state index in [2.05, 4.69) is 4.98 Å². The molecule has 1 aromatic carbocycles. The van der Waals surface area contributed by atoms with Gasteiger partial charge in [0.05, 0.1) is 12.8 Å². The molecule has 0 fully saturated rings. The normalized spacial score (nSPS) is 10.7. The van der Waals surface area contributed by atoms with E-state index in [0.717, 1.165) is 34.6 Å². The van der Waals surface area contributed by atoms with Gasteiger partial charge in [0.1, 0.15) is 12.0 Å². The largest absolute Gasteiger partial charge is 0.496 e. The van der Waals surface area contributed by atoms with Crippen LogP contribution in [0.25, 0.3) is 11.5 Å². The second kappa shape index (κ2) is 5.23. The van der Waals surface area contributed by atoms with Gasteiger partial charge in [-0.05, 0) is 43.7 Å².